The number of halogens is 1. The Morgan fingerprint density at radius 2 is 2.10 bits per heavy atom. The highest BCUT2D eigenvalue weighted by atomic mass is 32.1. The van der Waals surface area contributed by atoms with Gasteiger partial charge in [-0.25, -0.2) is 4.39 Å². The van der Waals surface area contributed by atoms with Gasteiger partial charge >= 0.3 is 0 Å². The molecule has 1 aromatic heterocycles. The molecule has 0 radical (unpaired) electrons. The van der Waals surface area contributed by atoms with Gasteiger partial charge in [0.2, 0.25) is 0 Å². The molecule has 0 amide bonds. The van der Waals surface area contributed by atoms with Gasteiger partial charge in [-0.15, -0.1) is 11.3 Å². The minimum Gasteiger partial charge on any atom is -0.311 e. The van der Waals surface area contributed by atoms with Crippen LogP contribution in [0.25, 0.3) is 0 Å². The lowest BCUT2D eigenvalue weighted by Gasteiger charge is -2.23. The zero-order valence-corrected chi connectivity index (χ0v) is 13.0. The van der Waals surface area contributed by atoms with Gasteiger partial charge in [-0.3, -0.25) is 0 Å². The Morgan fingerprint density at radius 3 is 2.70 bits per heavy atom. The second-order valence-corrected chi connectivity index (χ2v) is 6.19. The Bertz CT molecular complexity index is 537. The van der Waals surface area contributed by atoms with E-state index < -0.39 is 0 Å². The molecular weight excluding hydrogens is 271 g/mol. The molecule has 0 saturated carbocycles. The van der Waals surface area contributed by atoms with Crippen molar-refractivity contribution in [1.29, 1.82) is 0 Å². The average Bonchev–Trinajstić information content (AvgIpc) is 2.92. The number of hydrogen-bond donors (Lipinski definition) is 1. The van der Waals surface area contributed by atoms with Crippen LogP contribution in [0.4, 0.5) is 4.39 Å². The molecule has 108 valence electrons. The summed E-state index contributed by atoms with van der Waals surface area (Å²) in [5, 5.41) is 5.51. The van der Waals surface area contributed by atoms with Gasteiger partial charge in [0.1, 0.15) is 5.82 Å². The molecule has 20 heavy (non-hydrogen) atoms. The molecule has 0 aliphatic carbocycles. The van der Waals surface area contributed by atoms with Crippen LogP contribution in [0.15, 0.2) is 35.7 Å². The SMILES string of the molecule is Cc1ccc(CNCC(c2cccs2)N(C)C)cc1F. The number of likely N-dealkylation sites (N-methyl/N-ethyl adjacent to an activating group) is 1. The van der Waals surface area contributed by atoms with Crippen LogP contribution in [-0.4, -0.2) is 25.5 Å². The Balaban J connectivity index is 1.92. The summed E-state index contributed by atoms with van der Waals surface area (Å²) < 4.78 is 13.5. The summed E-state index contributed by atoms with van der Waals surface area (Å²) in [6, 6.07) is 9.99. The van der Waals surface area contributed by atoms with Crippen molar-refractivity contribution in [2.75, 3.05) is 20.6 Å². The minimum absolute atomic E-state index is 0.133. The Labute approximate surface area is 124 Å². The molecule has 2 nitrogen and oxygen atoms in total. The molecule has 1 aromatic carbocycles. The molecule has 2 rings (SSSR count). The molecular formula is C16H21FN2S. The standard InChI is InChI=1S/C16H21FN2S/c1-12-6-7-13(9-14(12)17)10-18-11-15(19(2)3)16-5-4-8-20-16/h4-9,15,18H,10-11H2,1-3H3. The highest BCUT2D eigenvalue weighted by Gasteiger charge is 2.14. The van der Waals surface area contributed by atoms with Gasteiger partial charge < -0.3 is 10.2 Å². The number of nitrogens with one attached hydrogen (secondary N) is 1. The zero-order chi connectivity index (χ0) is 14.5. The summed E-state index contributed by atoms with van der Waals surface area (Å²) in [5.41, 5.74) is 1.68. The van der Waals surface area contributed by atoms with E-state index in [1.807, 2.05) is 12.1 Å². The molecule has 2 aromatic rings. The number of thiophene rings is 1. The van der Waals surface area contributed by atoms with Crippen LogP contribution in [0.5, 0.6) is 0 Å². The van der Waals surface area contributed by atoms with Gasteiger partial charge in [-0.2, -0.15) is 0 Å². The molecule has 1 heterocycles. The van der Waals surface area contributed by atoms with Gasteiger partial charge in [0.25, 0.3) is 0 Å². The summed E-state index contributed by atoms with van der Waals surface area (Å²) in [4.78, 5) is 3.55. The molecule has 4 heteroatoms. The van der Waals surface area contributed by atoms with Crippen LogP contribution in [0.3, 0.4) is 0 Å². The van der Waals surface area contributed by atoms with E-state index in [-0.39, 0.29) is 5.82 Å². The van der Waals surface area contributed by atoms with E-state index in [2.05, 4.69) is 41.8 Å². The fourth-order valence-corrected chi connectivity index (χ4v) is 3.04. The Morgan fingerprint density at radius 1 is 1.30 bits per heavy atom. The van der Waals surface area contributed by atoms with Crippen molar-refractivity contribution in [1.82, 2.24) is 10.2 Å². The van der Waals surface area contributed by atoms with Gasteiger partial charge in [0, 0.05) is 18.0 Å². The molecule has 0 spiro atoms. The first kappa shape index (κ1) is 15.2. The third kappa shape index (κ3) is 3.88. The molecule has 0 saturated heterocycles. The minimum atomic E-state index is -0.133. The van der Waals surface area contributed by atoms with Crippen LogP contribution in [-0.2, 0) is 6.54 Å². The summed E-state index contributed by atoms with van der Waals surface area (Å²) in [7, 11) is 4.16. The molecule has 1 atom stereocenters. The van der Waals surface area contributed by atoms with Gasteiger partial charge in [-0.1, -0.05) is 18.2 Å². The van der Waals surface area contributed by atoms with Crippen molar-refractivity contribution in [3.05, 3.63) is 57.5 Å². The van der Waals surface area contributed by atoms with Gasteiger partial charge in [0.05, 0.1) is 6.04 Å². The number of rotatable bonds is 6. The first-order valence-electron chi connectivity index (χ1n) is 6.73. The third-order valence-corrected chi connectivity index (χ3v) is 4.37. The molecule has 0 fully saturated rings. The van der Waals surface area contributed by atoms with Crippen molar-refractivity contribution in [2.24, 2.45) is 0 Å². The number of nitrogens with zero attached hydrogens (tertiary/aromatic N) is 1. The third-order valence-electron chi connectivity index (χ3n) is 3.40. The van der Waals surface area contributed by atoms with Crippen molar-refractivity contribution >= 4 is 11.3 Å². The smallest absolute Gasteiger partial charge is 0.126 e. The predicted molar refractivity (Wildman–Crippen MR) is 83.6 cm³/mol. The topological polar surface area (TPSA) is 15.3 Å². The van der Waals surface area contributed by atoms with Crippen LogP contribution >= 0.6 is 11.3 Å². The van der Waals surface area contributed by atoms with Crippen LogP contribution in [0, 0.1) is 12.7 Å². The number of benzene rings is 1. The van der Waals surface area contributed by atoms with Crippen molar-refractivity contribution in [3.63, 3.8) is 0 Å². The van der Waals surface area contributed by atoms with E-state index in [4.69, 9.17) is 0 Å². The van der Waals surface area contributed by atoms with Crippen LogP contribution in [0.1, 0.15) is 22.0 Å². The summed E-state index contributed by atoms with van der Waals surface area (Å²) >= 11 is 1.77. The lowest BCUT2D eigenvalue weighted by Crippen LogP contribution is -2.30. The van der Waals surface area contributed by atoms with Crippen molar-refractivity contribution in [3.8, 4) is 0 Å². The maximum Gasteiger partial charge on any atom is 0.126 e. The molecule has 1 N–H and O–H groups in total. The molecule has 0 aliphatic rings. The highest BCUT2D eigenvalue weighted by molar-refractivity contribution is 7.10. The van der Waals surface area contributed by atoms with E-state index in [9.17, 15) is 4.39 Å². The molecule has 1 unspecified atom stereocenters. The van der Waals surface area contributed by atoms with E-state index in [0.717, 1.165) is 12.1 Å². The number of aryl methyl sites for hydroxylation is 1. The number of hydrogen-bond acceptors (Lipinski definition) is 3. The largest absolute Gasteiger partial charge is 0.311 e. The van der Waals surface area contributed by atoms with Crippen molar-refractivity contribution < 1.29 is 4.39 Å². The summed E-state index contributed by atoms with van der Waals surface area (Å²) in [5.74, 6) is -0.133. The van der Waals surface area contributed by atoms with E-state index in [0.29, 0.717) is 18.2 Å². The van der Waals surface area contributed by atoms with E-state index in [1.165, 1.54) is 4.88 Å². The first-order valence-corrected chi connectivity index (χ1v) is 7.61. The fourth-order valence-electron chi connectivity index (χ4n) is 2.12. The van der Waals surface area contributed by atoms with Crippen LogP contribution < -0.4 is 5.32 Å². The maximum absolute atomic E-state index is 13.5. The molecule has 0 bridgehead atoms. The summed E-state index contributed by atoms with van der Waals surface area (Å²) in [6.45, 7) is 3.32. The van der Waals surface area contributed by atoms with Gasteiger partial charge in [-0.05, 0) is 49.7 Å². The average molecular weight is 292 g/mol. The zero-order valence-electron chi connectivity index (χ0n) is 12.2. The predicted octanol–water partition coefficient (Wildman–Crippen LogP) is 3.59. The van der Waals surface area contributed by atoms with E-state index >= 15 is 0 Å². The first-order chi connectivity index (χ1) is 9.58. The monoisotopic (exact) mass is 292 g/mol. The quantitative estimate of drug-likeness (QED) is 0.875. The van der Waals surface area contributed by atoms with Crippen molar-refractivity contribution in [2.45, 2.75) is 19.5 Å². The maximum atomic E-state index is 13.5. The second kappa shape index (κ2) is 6.97. The second-order valence-electron chi connectivity index (χ2n) is 5.21. The van der Waals surface area contributed by atoms with E-state index in [1.54, 1.807) is 24.3 Å². The Hall–Kier alpha value is -1.23. The highest BCUT2D eigenvalue weighted by Crippen LogP contribution is 2.22. The lowest BCUT2D eigenvalue weighted by molar-refractivity contribution is 0.292. The van der Waals surface area contributed by atoms with Crippen LogP contribution in [0.2, 0.25) is 0 Å². The van der Waals surface area contributed by atoms with Gasteiger partial charge in [0.15, 0.2) is 0 Å². The Kier molecular flexibility index (Phi) is 5.29. The summed E-state index contributed by atoms with van der Waals surface area (Å²) in [6.07, 6.45) is 0. The molecule has 0 aliphatic heterocycles. The lowest BCUT2D eigenvalue weighted by atomic mass is 10.1. The normalized spacial score (nSPS) is 12.8. The fraction of sp³-hybridized carbons (Fsp3) is 0.375.